The molecule has 0 bridgehead atoms. The lowest BCUT2D eigenvalue weighted by Crippen LogP contribution is -2.23. The number of hydrogen-bond acceptors (Lipinski definition) is 7. The van der Waals surface area contributed by atoms with Gasteiger partial charge in [-0.3, -0.25) is 4.79 Å². The lowest BCUT2D eigenvalue weighted by atomic mass is 10.0. The Hall–Kier alpha value is -5.80. The first-order chi connectivity index (χ1) is 22.5. The van der Waals surface area contributed by atoms with Gasteiger partial charge in [-0.2, -0.15) is 14.6 Å². The van der Waals surface area contributed by atoms with Gasteiger partial charge in [0.25, 0.3) is 5.56 Å². The Morgan fingerprint density at radius 1 is 0.870 bits per heavy atom. The summed E-state index contributed by atoms with van der Waals surface area (Å²) >= 11 is 1.30. The van der Waals surface area contributed by atoms with E-state index in [0.29, 0.717) is 21.9 Å². The summed E-state index contributed by atoms with van der Waals surface area (Å²) < 4.78 is 15.0. The van der Waals surface area contributed by atoms with Gasteiger partial charge in [-0.25, -0.2) is 4.68 Å². The van der Waals surface area contributed by atoms with Gasteiger partial charge in [0, 0.05) is 17.3 Å². The van der Waals surface area contributed by atoms with Crippen molar-refractivity contribution >= 4 is 34.5 Å². The van der Waals surface area contributed by atoms with E-state index in [1.807, 2.05) is 127 Å². The van der Waals surface area contributed by atoms with Crippen LogP contribution in [0.2, 0.25) is 0 Å². The third kappa shape index (κ3) is 6.09. The van der Waals surface area contributed by atoms with Crippen LogP contribution in [-0.2, 0) is 6.61 Å². The van der Waals surface area contributed by atoms with Gasteiger partial charge >= 0.3 is 0 Å². The minimum atomic E-state index is -0.226. The van der Waals surface area contributed by atoms with Gasteiger partial charge in [-0.05, 0) is 78.2 Å². The Bertz CT molecular complexity index is 2270. The molecule has 7 rings (SSSR count). The average Bonchev–Trinajstić information content (AvgIpc) is 3.78. The molecular weight excluding hydrogens is 595 g/mol. The van der Waals surface area contributed by atoms with Crippen LogP contribution >= 0.6 is 11.3 Å². The fraction of sp³-hybridized carbons (Fsp3) is 0.0811. The highest BCUT2D eigenvalue weighted by molar-refractivity contribution is 7.15. The van der Waals surface area contributed by atoms with Gasteiger partial charge < -0.3 is 9.47 Å². The first kappa shape index (κ1) is 28.9. The molecule has 0 saturated heterocycles. The zero-order valence-corrected chi connectivity index (χ0v) is 26.0. The molecule has 8 nitrogen and oxygen atoms in total. The van der Waals surface area contributed by atoms with E-state index in [9.17, 15) is 4.79 Å². The van der Waals surface area contributed by atoms with Crippen LogP contribution in [0, 0.1) is 6.92 Å². The number of thiazole rings is 1. The largest absolute Gasteiger partial charge is 0.497 e. The number of nitrogens with zero attached hydrogens (tertiary/aromatic N) is 5. The zero-order valence-electron chi connectivity index (χ0n) is 25.2. The Balaban J connectivity index is 1.22. The molecule has 0 spiro atoms. The quantitative estimate of drug-likeness (QED) is 0.180. The minimum Gasteiger partial charge on any atom is -0.497 e. The molecule has 0 radical (unpaired) electrons. The summed E-state index contributed by atoms with van der Waals surface area (Å²) in [5, 5.41) is 9.41. The summed E-state index contributed by atoms with van der Waals surface area (Å²) in [4.78, 5) is 18.6. The molecule has 0 aliphatic carbocycles. The molecule has 0 aliphatic heterocycles. The highest BCUT2D eigenvalue weighted by atomic mass is 32.1. The van der Waals surface area contributed by atoms with Gasteiger partial charge in [0.15, 0.2) is 5.82 Å². The molecule has 0 amide bonds. The Labute approximate surface area is 269 Å². The van der Waals surface area contributed by atoms with E-state index in [1.165, 1.54) is 15.9 Å². The van der Waals surface area contributed by atoms with Gasteiger partial charge in [0.1, 0.15) is 23.8 Å². The van der Waals surface area contributed by atoms with Gasteiger partial charge in [-0.1, -0.05) is 78.1 Å². The van der Waals surface area contributed by atoms with E-state index in [2.05, 4.69) is 16.1 Å². The molecule has 0 unspecified atom stereocenters. The second kappa shape index (κ2) is 12.7. The van der Waals surface area contributed by atoms with E-state index >= 15 is 0 Å². The van der Waals surface area contributed by atoms with Crippen molar-refractivity contribution in [2.45, 2.75) is 13.5 Å². The van der Waals surface area contributed by atoms with Crippen LogP contribution in [0.25, 0.3) is 40.1 Å². The Kier molecular flexibility index (Phi) is 7.97. The van der Waals surface area contributed by atoms with Gasteiger partial charge in [-0.15, -0.1) is 5.10 Å². The van der Waals surface area contributed by atoms with E-state index in [1.54, 1.807) is 13.2 Å². The van der Waals surface area contributed by atoms with Crippen molar-refractivity contribution in [3.8, 4) is 28.4 Å². The molecule has 0 aliphatic rings. The maximum absolute atomic E-state index is 13.5. The summed E-state index contributed by atoms with van der Waals surface area (Å²) in [5.41, 5.74) is 6.25. The number of rotatable bonds is 9. The number of fused-ring (bicyclic) bond motifs is 1. The minimum absolute atomic E-state index is 0.226. The lowest BCUT2D eigenvalue weighted by molar-refractivity contribution is 0.304. The second-order valence-corrected chi connectivity index (χ2v) is 11.7. The van der Waals surface area contributed by atoms with Crippen LogP contribution in [0.3, 0.4) is 0 Å². The Morgan fingerprint density at radius 2 is 1.63 bits per heavy atom. The number of para-hydroxylation sites is 1. The molecule has 46 heavy (non-hydrogen) atoms. The molecule has 3 heterocycles. The maximum Gasteiger partial charge on any atom is 0.291 e. The number of aromatic nitrogens is 5. The van der Waals surface area contributed by atoms with E-state index in [0.717, 1.165) is 50.7 Å². The van der Waals surface area contributed by atoms with Crippen LogP contribution in [0.5, 0.6) is 11.5 Å². The average molecular weight is 624 g/mol. The predicted molar refractivity (Wildman–Crippen MR) is 182 cm³/mol. The van der Waals surface area contributed by atoms with Gasteiger partial charge in [0.05, 0.1) is 17.3 Å². The number of benzene rings is 4. The molecule has 4 aromatic carbocycles. The SMILES string of the molecule is COc1ccc(/C=C/c2nc3s/c(=C\c4cn(-c5ccccc5)nc4-c4ccc(OCc5ccccc5)c(C)c4)c(=O)n3n2)cc1. The van der Waals surface area contributed by atoms with E-state index in [4.69, 9.17) is 14.6 Å². The number of aryl methyl sites for hydroxylation is 1. The second-order valence-electron chi connectivity index (χ2n) is 10.7. The fourth-order valence-corrected chi connectivity index (χ4v) is 5.98. The van der Waals surface area contributed by atoms with E-state index < -0.39 is 0 Å². The number of ether oxygens (including phenoxy) is 2. The third-order valence-corrected chi connectivity index (χ3v) is 8.43. The Morgan fingerprint density at radius 3 is 2.35 bits per heavy atom. The summed E-state index contributed by atoms with van der Waals surface area (Å²) in [6.07, 6.45) is 7.51. The summed E-state index contributed by atoms with van der Waals surface area (Å²) in [7, 11) is 1.64. The molecule has 3 aromatic heterocycles. The number of hydrogen-bond donors (Lipinski definition) is 0. The van der Waals surface area contributed by atoms with Crippen LogP contribution in [0.15, 0.2) is 114 Å². The molecule has 0 saturated carbocycles. The van der Waals surface area contributed by atoms with Crippen LogP contribution in [0.1, 0.15) is 28.1 Å². The standard InChI is InChI=1S/C37H29N5O3S/c1-25-21-28(16-19-32(25)45-24-27-9-5-3-6-10-27)35-29(23-41(40-35)30-11-7-4-8-12-30)22-33-36(43)42-37(46-33)38-34(39-42)20-15-26-13-17-31(44-2)18-14-26/h3-23H,24H2,1-2H3/b20-15+,33-22-. The van der Waals surface area contributed by atoms with Crippen LogP contribution < -0.4 is 19.6 Å². The van der Waals surface area contributed by atoms with Crippen molar-refractivity contribution in [2.24, 2.45) is 0 Å². The molecule has 226 valence electrons. The topological polar surface area (TPSA) is 83.5 Å². The smallest absolute Gasteiger partial charge is 0.291 e. The highest BCUT2D eigenvalue weighted by Crippen LogP contribution is 2.29. The summed E-state index contributed by atoms with van der Waals surface area (Å²) in [5.74, 6) is 2.06. The molecule has 0 fully saturated rings. The van der Waals surface area contributed by atoms with Crippen molar-refractivity contribution in [1.29, 1.82) is 0 Å². The van der Waals surface area contributed by atoms with Crippen molar-refractivity contribution in [3.05, 3.63) is 152 Å². The molecule has 9 heteroatoms. The molecular formula is C37H29N5O3S. The van der Waals surface area contributed by atoms with Crippen molar-refractivity contribution in [2.75, 3.05) is 7.11 Å². The number of methoxy groups -OCH3 is 1. The molecule has 0 N–H and O–H groups in total. The fourth-order valence-electron chi connectivity index (χ4n) is 5.07. The lowest BCUT2D eigenvalue weighted by Gasteiger charge is -2.10. The van der Waals surface area contributed by atoms with E-state index in [-0.39, 0.29) is 5.56 Å². The predicted octanol–water partition coefficient (Wildman–Crippen LogP) is 6.62. The molecule has 7 aromatic rings. The third-order valence-electron chi connectivity index (χ3n) is 7.47. The summed E-state index contributed by atoms with van der Waals surface area (Å²) in [6.45, 7) is 2.51. The zero-order chi connectivity index (χ0) is 31.5. The normalized spacial score (nSPS) is 11.9. The molecule has 0 atom stereocenters. The van der Waals surface area contributed by atoms with Crippen molar-refractivity contribution in [1.82, 2.24) is 24.4 Å². The highest BCUT2D eigenvalue weighted by Gasteiger charge is 2.15. The van der Waals surface area contributed by atoms with Crippen molar-refractivity contribution < 1.29 is 9.47 Å². The van der Waals surface area contributed by atoms with Crippen LogP contribution in [-0.4, -0.2) is 31.5 Å². The van der Waals surface area contributed by atoms with Gasteiger partial charge in [0.2, 0.25) is 4.96 Å². The first-order valence-electron chi connectivity index (χ1n) is 14.7. The maximum atomic E-state index is 13.5. The monoisotopic (exact) mass is 623 g/mol. The first-order valence-corrected chi connectivity index (χ1v) is 15.5. The van der Waals surface area contributed by atoms with Crippen molar-refractivity contribution in [3.63, 3.8) is 0 Å². The van der Waals surface area contributed by atoms with Crippen LogP contribution in [0.4, 0.5) is 0 Å². The summed E-state index contributed by atoms with van der Waals surface area (Å²) in [6, 6.07) is 33.7.